The van der Waals surface area contributed by atoms with Crippen molar-refractivity contribution < 1.29 is 9.59 Å². The monoisotopic (exact) mass is 354 g/mol. The van der Waals surface area contributed by atoms with Crippen molar-refractivity contribution in [2.24, 2.45) is 5.73 Å². The van der Waals surface area contributed by atoms with Gasteiger partial charge in [-0.05, 0) is 41.8 Å². The largest absolute Gasteiger partial charge is 0.366 e. The molecular formula is C17H14N4O3S. The standard InChI is InChI=1S/C17H14N4O3S/c18-17(24)11-3-5-12(6-4-11)19-15(22)10-21-16(23)8-7-13(20-21)14-2-1-9-25-14/h1-9H,10H2,(H2,18,24)(H,19,22). The Morgan fingerprint density at radius 3 is 2.52 bits per heavy atom. The van der Waals surface area contributed by atoms with E-state index in [0.717, 1.165) is 9.56 Å². The van der Waals surface area contributed by atoms with Crippen molar-refractivity contribution in [2.45, 2.75) is 6.54 Å². The lowest BCUT2D eigenvalue weighted by Crippen LogP contribution is -2.29. The minimum absolute atomic E-state index is 0.213. The average Bonchev–Trinajstić information content (AvgIpc) is 3.12. The van der Waals surface area contributed by atoms with Crippen molar-refractivity contribution in [3.05, 3.63) is 69.8 Å². The number of rotatable bonds is 5. The number of aromatic nitrogens is 2. The van der Waals surface area contributed by atoms with Crippen LogP contribution in [0.2, 0.25) is 0 Å². The van der Waals surface area contributed by atoms with E-state index in [1.54, 1.807) is 18.2 Å². The summed E-state index contributed by atoms with van der Waals surface area (Å²) in [6.45, 7) is -0.213. The molecule has 7 nitrogen and oxygen atoms in total. The Morgan fingerprint density at radius 1 is 1.12 bits per heavy atom. The highest BCUT2D eigenvalue weighted by molar-refractivity contribution is 7.13. The molecule has 1 aromatic carbocycles. The van der Waals surface area contributed by atoms with Gasteiger partial charge in [-0.15, -0.1) is 11.3 Å². The molecule has 2 aromatic heterocycles. The lowest BCUT2D eigenvalue weighted by molar-refractivity contribution is -0.117. The predicted molar refractivity (Wildman–Crippen MR) is 95.4 cm³/mol. The van der Waals surface area contributed by atoms with Crippen molar-refractivity contribution in [2.75, 3.05) is 5.32 Å². The van der Waals surface area contributed by atoms with Gasteiger partial charge < -0.3 is 11.1 Å². The van der Waals surface area contributed by atoms with Crippen LogP contribution in [0, 0.1) is 0 Å². The third-order valence-electron chi connectivity index (χ3n) is 3.39. The summed E-state index contributed by atoms with van der Waals surface area (Å²) in [5.41, 5.74) is 6.28. The van der Waals surface area contributed by atoms with E-state index in [9.17, 15) is 14.4 Å². The number of nitrogens with one attached hydrogen (secondary N) is 1. The Bertz CT molecular complexity index is 962. The third kappa shape index (κ3) is 3.99. The fourth-order valence-electron chi connectivity index (χ4n) is 2.17. The van der Waals surface area contributed by atoms with Crippen LogP contribution in [0.15, 0.2) is 58.7 Å². The van der Waals surface area contributed by atoms with Gasteiger partial charge in [0, 0.05) is 17.3 Å². The second kappa shape index (κ2) is 7.10. The summed E-state index contributed by atoms with van der Waals surface area (Å²) in [7, 11) is 0. The summed E-state index contributed by atoms with van der Waals surface area (Å²) in [6, 6.07) is 13.0. The van der Waals surface area contributed by atoms with Crippen LogP contribution in [0.25, 0.3) is 10.6 Å². The number of carbonyl (C=O) groups excluding carboxylic acids is 2. The zero-order valence-corrected chi connectivity index (χ0v) is 13.8. The minimum atomic E-state index is -0.543. The fraction of sp³-hybridized carbons (Fsp3) is 0.0588. The van der Waals surface area contributed by atoms with Crippen molar-refractivity contribution in [3.8, 4) is 10.6 Å². The predicted octanol–water partition coefficient (Wildman–Crippen LogP) is 1.71. The molecule has 0 aliphatic carbocycles. The molecule has 3 rings (SSSR count). The number of anilines is 1. The summed E-state index contributed by atoms with van der Waals surface area (Å²) in [6.07, 6.45) is 0. The maximum absolute atomic E-state index is 12.2. The van der Waals surface area contributed by atoms with E-state index >= 15 is 0 Å². The van der Waals surface area contributed by atoms with Crippen LogP contribution in [0.5, 0.6) is 0 Å². The number of amides is 2. The van der Waals surface area contributed by atoms with Gasteiger partial charge in [0.1, 0.15) is 12.2 Å². The highest BCUT2D eigenvalue weighted by Gasteiger charge is 2.09. The van der Waals surface area contributed by atoms with E-state index in [1.165, 1.54) is 29.5 Å². The van der Waals surface area contributed by atoms with Crippen LogP contribution >= 0.6 is 11.3 Å². The Hall–Kier alpha value is -3.26. The Balaban J connectivity index is 1.73. The molecule has 2 heterocycles. The molecule has 0 aliphatic heterocycles. The Morgan fingerprint density at radius 2 is 1.88 bits per heavy atom. The van der Waals surface area contributed by atoms with Crippen LogP contribution in [0.3, 0.4) is 0 Å². The summed E-state index contributed by atoms with van der Waals surface area (Å²) < 4.78 is 1.11. The second-order valence-corrected chi connectivity index (χ2v) is 6.13. The lowest BCUT2D eigenvalue weighted by atomic mass is 10.2. The quantitative estimate of drug-likeness (QED) is 0.727. The van der Waals surface area contributed by atoms with Crippen LogP contribution in [-0.2, 0) is 11.3 Å². The molecule has 0 fully saturated rings. The molecule has 0 radical (unpaired) electrons. The molecule has 25 heavy (non-hydrogen) atoms. The van der Waals surface area contributed by atoms with Crippen LogP contribution in [0.1, 0.15) is 10.4 Å². The van der Waals surface area contributed by atoms with Gasteiger partial charge in [-0.3, -0.25) is 14.4 Å². The SMILES string of the molecule is NC(=O)c1ccc(NC(=O)Cn2nc(-c3cccs3)ccc2=O)cc1. The van der Waals surface area contributed by atoms with Gasteiger partial charge in [-0.2, -0.15) is 5.10 Å². The molecule has 0 saturated carbocycles. The Kier molecular flexibility index (Phi) is 4.71. The van der Waals surface area contributed by atoms with Gasteiger partial charge in [-0.25, -0.2) is 4.68 Å². The number of hydrogen-bond donors (Lipinski definition) is 2. The number of benzene rings is 1. The first kappa shape index (κ1) is 16.6. The molecule has 126 valence electrons. The Labute approximate surface area is 146 Å². The van der Waals surface area contributed by atoms with E-state index in [-0.39, 0.29) is 12.1 Å². The first-order valence-electron chi connectivity index (χ1n) is 7.35. The number of hydrogen-bond acceptors (Lipinski definition) is 5. The summed E-state index contributed by atoms with van der Waals surface area (Å²) in [5, 5.41) is 8.79. The first-order chi connectivity index (χ1) is 12.0. The molecule has 3 N–H and O–H groups in total. The maximum atomic E-state index is 12.2. The lowest BCUT2D eigenvalue weighted by Gasteiger charge is -2.08. The van der Waals surface area contributed by atoms with E-state index in [4.69, 9.17) is 5.73 Å². The van der Waals surface area contributed by atoms with Crippen molar-refractivity contribution in [1.29, 1.82) is 0 Å². The topological polar surface area (TPSA) is 107 Å². The smallest absolute Gasteiger partial charge is 0.267 e. The summed E-state index contributed by atoms with van der Waals surface area (Å²) in [4.78, 5) is 36.0. The van der Waals surface area contributed by atoms with Crippen LogP contribution in [-0.4, -0.2) is 21.6 Å². The zero-order chi connectivity index (χ0) is 17.8. The molecular weight excluding hydrogens is 340 g/mol. The normalized spacial score (nSPS) is 10.4. The van der Waals surface area contributed by atoms with Gasteiger partial charge in [-0.1, -0.05) is 6.07 Å². The van der Waals surface area contributed by atoms with E-state index in [0.29, 0.717) is 16.9 Å². The van der Waals surface area contributed by atoms with Gasteiger partial charge in [0.2, 0.25) is 11.8 Å². The van der Waals surface area contributed by atoms with Crippen LogP contribution in [0.4, 0.5) is 5.69 Å². The van der Waals surface area contributed by atoms with Crippen molar-refractivity contribution in [1.82, 2.24) is 9.78 Å². The summed E-state index contributed by atoms with van der Waals surface area (Å²) in [5.74, 6) is -0.941. The molecule has 0 atom stereocenters. The molecule has 0 aliphatic rings. The van der Waals surface area contributed by atoms with Crippen molar-refractivity contribution in [3.63, 3.8) is 0 Å². The molecule has 3 aromatic rings. The van der Waals surface area contributed by atoms with E-state index in [2.05, 4.69) is 10.4 Å². The third-order valence-corrected chi connectivity index (χ3v) is 4.28. The maximum Gasteiger partial charge on any atom is 0.267 e. The average molecular weight is 354 g/mol. The number of carbonyl (C=O) groups is 2. The first-order valence-corrected chi connectivity index (χ1v) is 8.22. The van der Waals surface area contributed by atoms with Gasteiger partial charge in [0.05, 0.1) is 4.88 Å². The summed E-state index contributed by atoms with van der Waals surface area (Å²) >= 11 is 1.50. The number of primary amides is 1. The van der Waals surface area contributed by atoms with Crippen LogP contribution < -0.4 is 16.6 Å². The molecule has 2 amide bonds. The zero-order valence-electron chi connectivity index (χ0n) is 13.0. The van der Waals surface area contributed by atoms with Gasteiger partial charge in [0.25, 0.3) is 5.56 Å². The van der Waals surface area contributed by atoms with Gasteiger partial charge >= 0.3 is 0 Å². The molecule has 0 bridgehead atoms. The molecule has 8 heteroatoms. The van der Waals surface area contributed by atoms with Gasteiger partial charge in [0.15, 0.2) is 0 Å². The number of nitrogens with two attached hydrogens (primary N) is 1. The molecule has 0 saturated heterocycles. The highest BCUT2D eigenvalue weighted by atomic mass is 32.1. The minimum Gasteiger partial charge on any atom is -0.366 e. The number of nitrogens with zero attached hydrogens (tertiary/aromatic N) is 2. The number of thiophene rings is 1. The van der Waals surface area contributed by atoms with E-state index < -0.39 is 11.8 Å². The molecule has 0 spiro atoms. The highest BCUT2D eigenvalue weighted by Crippen LogP contribution is 2.21. The van der Waals surface area contributed by atoms with E-state index in [1.807, 2.05) is 17.5 Å². The second-order valence-electron chi connectivity index (χ2n) is 5.18. The molecule has 0 unspecified atom stereocenters. The fourth-order valence-corrected chi connectivity index (χ4v) is 2.86. The van der Waals surface area contributed by atoms with Crippen molar-refractivity contribution >= 4 is 28.8 Å².